The molecule has 0 saturated carbocycles. The zero-order valence-corrected chi connectivity index (χ0v) is 17.9. The Hall–Kier alpha value is -3.35. The predicted molar refractivity (Wildman–Crippen MR) is 117 cm³/mol. The molecule has 3 N–H and O–H groups in total. The number of amides is 2. The Morgan fingerprint density at radius 3 is 2.06 bits per heavy atom. The number of alkyl carbamates (subject to hydrolysis) is 1. The van der Waals surface area contributed by atoms with Gasteiger partial charge >= 0.3 is 12.1 Å². The number of nitrogens with one attached hydrogen (secondary N) is 2. The summed E-state index contributed by atoms with van der Waals surface area (Å²) in [6.07, 6.45) is -0.589. The number of hydrogen-bond acceptors (Lipinski definition) is 4. The number of carbonyl (C=O) groups excluding carboxylic acids is 2. The smallest absolute Gasteiger partial charge is 0.407 e. The molecule has 1 aliphatic carbocycles. The quantitative estimate of drug-likeness (QED) is 0.603. The Bertz CT molecular complexity index is 928. The Balaban J connectivity index is 1.51. The van der Waals surface area contributed by atoms with Gasteiger partial charge in [0, 0.05) is 18.5 Å². The Morgan fingerprint density at radius 2 is 1.52 bits per heavy atom. The maximum atomic E-state index is 12.2. The van der Waals surface area contributed by atoms with Crippen LogP contribution in [0.2, 0.25) is 0 Å². The standard InChI is InChI=1S/C24H28N2O5/c1-14(22(27)26-16(3)15(2)23(28)29)12-25-24(30)31-13-21-19-10-6-4-8-17(19)18-9-5-7-11-20(18)21/h4-11,14-16,21H,12-13H2,1-3H3,(H,25,30)(H,26,27)(H,28,29). The number of carboxylic acid groups (broad SMARTS) is 1. The van der Waals surface area contributed by atoms with Gasteiger partial charge in [-0.15, -0.1) is 0 Å². The number of carbonyl (C=O) groups is 3. The van der Waals surface area contributed by atoms with Crippen LogP contribution >= 0.6 is 0 Å². The van der Waals surface area contributed by atoms with Crippen molar-refractivity contribution in [2.24, 2.45) is 11.8 Å². The van der Waals surface area contributed by atoms with Crippen LogP contribution in [0.5, 0.6) is 0 Å². The minimum atomic E-state index is -0.975. The van der Waals surface area contributed by atoms with Crippen molar-refractivity contribution in [3.05, 3.63) is 59.7 Å². The van der Waals surface area contributed by atoms with Gasteiger partial charge < -0.3 is 20.5 Å². The van der Waals surface area contributed by atoms with Gasteiger partial charge in [-0.1, -0.05) is 55.5 Å². The first-order valence-electron chi connectivity index (χ1n) is 10.4. The Labute approximate surface area is 181 Å². The van der Waals surface area contributed by atoms with Gasteiger partial charge in [0.05, 0.1) is 11.8 Å². The topological polar surface area (TPSA) is 105 Å². The molecule has 0 spiro atoms. The predicted octanol–water partition coefficient (Wildman–Crippen LogP) is 3.39. The van der Waals surface area contributed by atoms with Crippen molar-refractivity contribution in [3.8, 4) is 11.1 Å². The molecule has 164 valence electrons. The summed E-state index contributed by atoms with van der Waals surface area (Å²) in [6.45, 7) is 5.14. The van der Waals surface area contributed by atoms with E-state index in [1.807, 2.05) is 36.4 Å². The molecule has 31 heavy (non-hydrogen) atoms. The average molecular weight is 424 g/mol. The molecular weight excluding hydrogens is 396 g/mol. The van der Waals surface area contributed by atoms with Gasteiger partial charge in [-0.25, -0.2) is 4.79 Å². The van der Waals surface area contributed by atoms with E-state index in [1.54, 1.807) is 13.8 Å². The number of ether oxygens (including phenoxy) is 1. The summed E-state index contributed by atoms with van der Waals surface area (Å²) >= 11 is 0. The maximum absolute atomic E-state index is 12.2. The van der Waals surface area contributed by atoms with Crippen LogP contribution in [-0.2, 0) is 14.3 Å². The summed E-state index contributed by atoms with van der Waals surface area (Å²) < 4.78 is 5.46. The number of rotatable bonds is 8. The van der Waals surface area contributed by atoms with Gasteiger partial charge in [0.2, 0.25) is 5.91 Å². The first-order valence-corrected chi connectivity index (χ1v) is 10.4. The molecule has 7 nitrogen and oxygen atoms in total. The molecule has 0 heterocycles. The highest BCUT2D eigenvalue weighted by Crippen LogP contribution is 2.44. The van der Waals surface area contributed by atoms with E-state index in [0.717, 1.165) is 22.3 Å². The van der Waals surface area contributed by atoms with Crippen LogP contribution in [-0.4, -0.2) is 42.3 Å². The average Bonchev–Trinajstić information content (AvgIpc) is 3.09. The Kier molecular flexibility index (Phi) is 6.95. The maximum Gasteiger partial charge on any atom is 0.407 e. The molecule has 7 heteroatoms. The fraction of sp³-hybridized carbons (Fsp3) is 0.375. The molecule has 2 aromatic carbocycles. The fourth-order valence-electron chi connectivity index (χ4n) is 3.68. The monoisotopic (exact) mass is 424 g/mol. The molecule has 0 fully saturated rings. The highest BCUT2D eigenvalue weighted by Gasteiger charge is 2.29. The minimum absolute atomic E-state index is 0.0303. The first kappa shape index (κ1) is 22.3. The summed E-state index contributed by atoms with van der Waals surface area (Å²) in [7, 11) is 0. The molecule has 0 aliphatic heterocycles. The van der Waals surface area contributed by atoms with Crippen LogP contribution in [0.1, 0.15) is 37.8 Å². The summed E-state index contributed by atoms with van der Waals surface area (Å²) in [5, 5.41) is 14.3. The molecule has 3 unspecified atom stereocenters. The van der Waals surface area contributed by atoms with E-state index < -0.39 is 29.9 Å². The van der Waals surface area contributed by atoms with Crippen molar-refractivity contribution in [3.63, 3.8) is 0 Å². The lowest BCUT2D eigenvalue weighted by Crippen LogP contribution is -2.45. The number of carboxylic acids is 1. The molecular formula is C24H28N2O5. The third kappa shape index (κ3) is 5.05. The van der Waals surface area contributed by atoms with E-state index in [4.69, 9.17) is 9.84 Å². The van der Waals surface area contributed by atoms with Crippen molar-refractivity contribution in [1.29, 1.82) is 0 Å². The van der Waals surface area contributed by atoms with Gasteiger partial charge in [0.25, 0.3) is 0 Å². The third-order valence-corrected chi connectivity index (χ3v) is 5.85. The number of aliphatic carboxylic acids is 1. The summed E-state index contributed by atoms with van der Waals surface area (Å²) in [4.78, 5) is 35.5. The zero-order valence-electron chi connectivity index (χ0n) is 17.9. The van der Waals surface area contributed by atoms with Crippen molar-refractivity contribution < 1.29 is 24.2 Å². The van der Waals surface area contributed by atoms with E-state index in [2.05, 4.69) is 22.8 Å². The molecule has 0 radical (unpaired) electrons. The van der Waals surface area contributed by atoms with Gasteiger partial charge in [0.15, 0.2) is 0 Å². The van der Waals surface area contributed by atoms with Crippen molar-refractivity contribution in [1.82, 2.24) is 10.6 Å². The van der Waals surface area contributed by atoms with E-state index in [9.17, 15) is 14.4 Å². The van der Waals surface area contributed by atoms with Crippen LogP contribution in [0.15, 0.2) is 48.5 Å². The lowest BCUT2D eigenvalue weighted by Gasteiger charge is -2.20. The van der Waals surface area contributed by atoms with Crippen molar-refractivity contribution >= 4 is 18.0 Å². The third-order valence-electron chi connectivity index (χ3n) is 5.85. The summed E-state index contributed by atoms with van der Waals surface area (Å²) in [5.41, 5.74) is 4.57. The van der Waals surface area contributed by atoms with Gasteiger partial charge in [-0.05, 0) is 36.1 Å². The summed E-state index contributed by atoms with van der Waals surface area (Å²) in [6, 6.07) is 15.7. The Morgan fingerprint density at radius 1 is 0.968 bits per heavy atom. The van der Waals surface area contributed by atoms with Gasteiger partial charge in [-0.3, -0.25) is 9.59 Å². The highest BCUT2D eigenvalue weighted by molar-refractivity contribution is 5.81. The molecule has 3 rings (SSSR count). The minimum Gasteiger partial charge on any atom is -0.481 e. The number of benzene rings is 2. The second-order valence-corrected chi connectivity index (χ2v) is 8.03. The lowest BCUT2D eigenvalue weighted by molar-refractivity contribution is -0.142. The van der Waals surface area contributed by atoms with Crippen LogP contribution in [0.3, 0.4) is 0 Å². The largest absolute Gasteiger partial charge is 0.481 e. The van der Waals surface area contributed by atoms with Crippen LogP contribution in [0.4, 0.5) is 4.79 Å². The van der Waals surface area contributed by atoms with E-state index in [1.165, 1.54) is 6.92 Å². The van der Waals surface area contributed by atoms with E-state index in [0.29, 0.717) is 0 Å². The van der Waals surface area contributed by atoms with Gasteiger partial charge in [-0.2, -0.15) is 0 Å². The van der Waals surface area contributed by atoms with Crippen molar-refractivity contribution in [2.45, 2.75) is 32.7 Å². The molecule has 2 aromatic rings. The molecule has 3 atom stereocenters. The fourth-order valence-corrected chi connectivity index (χ4v) is 3.68. The number of fused-ring (bicyclic) bond motifs is 3. The van der Waals surface area contributed by atoms with Crippen LogP contribution < -0.4 is 10.6 Å². The molecule has 2 amide bonds. The lowest BCUT2D eigenvalue weighted by atomic mass is 9.98. The SMILES string of the molecule is CC(CNC(=O)OCC1c2ccccc2-c2ccccc21)C(=O)NC(C)C(C)C(=O)O. The van der Waals surface area contributed by atoms with E-state index >= 15 is 0 Å². The van der Waals surface area contributed by atoms with E-state index in [-0.39, 0.29) is 25.0 Å². The van der Waals surface area contributed by atoms with Crippen molar-refractivity contribution in [2.75, 3.05) is 13.2 Å². The second-order valence-electron chi connectivity index (χ2n) is 8.03. The zero-order chi connectivity index (χ0) is 22.5. The highest BCUT2D eigenvalue weighted by atomic mass is 16.5. The normalized spacial score (nSPS) is 15.2. The summed E-state index contributed by atoms with van der Waals surface area (Å²) in [5.74, 6) is -2.55. The number of hydrogen-bond donors (Lipinski definition) is 3. The molecule has 1 aliphatic rings. The first-order chi connectivity index (χ1) is 14.8. The molecule has 0 saturated heterocycles. The second kappa shape index (κ2) is 9.64. The van der Waals surface area contributed by atoms with Crippen LogP contribution in [0.25, 0.3) is 11.1 Å². The van der Waals surface area contributed by atoms with Gasteiger partial charge in [0.1, 0.15) is 6.61 Å². The molecule has 0 aromatic heterocycles. The molecule has 0 bridgehead atoms. The van der Waals surface area contributed by atoms with Crippen LogP contribution in [0, 0.1) is 11.8 Å².